The fourth-order valence-corrected chi connectivity index (χ4v) is 2.90. The van der Waals surface area contributed by atoms with Crippen molar-refractivity contribution in [3.05, 3.63) is 67.5 Å². The van der Waals surface area contributed by atoms with E-state index in [9.17, 15) is 19.2 Å². The largest absolute Gasteiger partial charge is 0.343 e. The quantitative estimate of drug-likeness (QED) is 0.744. The second-order valence-corrected chi connectivity index (χ2v) is 6.72. The number of benzene rings is 1. The van der Waals surface area contributed by atoms with Crippen molar-refractivity contribution in [2.24, 2.45) is 14.1 Å². The molecule has 0 aliphatic rings. The lowest BCUT2D eigenvalue weighted by molar-refractivity contribution is -0.121. The van der Waals surface area contributed by atoms with Crippen LogP contribution in [0.25, 0.3) is 6.08 Å². The molecule has 8 heteroatoms. The van der Waals surface area contributed by atoms with Crippen LogP contribution in [0.3, 0.4) is 0 Å². The summed E-state index contributed by atoms with van der Waals surface area (Å²) >= 11 is 0. The standard InChI is InChI=1S/C20H24N4O4/c1-12-8-13(2)18(14(3)9-12)22-17(26)10-21-16(25)7-6-15-11-23(4)20(28)24(5)19(15)27/h6-9,11H,10H2,1-5H3,(H,21,25)(H,22,26)/b7-6+. The number of nitrogens with one attached hydrogen (secondary N) is 2. The molecule has 2 N–H and O–H groups in total. The Balaban J connectivity index is 2.00. The molecule has 0 spiro atoms. The number of amides is 2. The molecule has 148 valence electrons. The fraction of sp³-hybridized carbons (Fsp3) is 0.300. The van der Waals surface area contributed by atoms with Crippen LogP contribution < -0.4 is 21.9 Å². The lowest BCUT2D eigenvalue weighted by Crippen LogP contribution is -2.37. The molecule has 1 aromatic carbocycles. The van der Waals surface area contributed by atoms with E-state index >= 15 is 0 Å². The molecule has 2 rings (SSSR count). The monoisotopic (exact) mass is 384 g/mol. The van der Waals surface area contributed by atoms with Crippen LogP contribution in [0.1, 0.15) is 22.3 Å². The number of anilines is 1. The molecule has 28 heavy (non-hydrogen) atoms. The molecule has 1 aromatic heterocycles. The smallest absolute Gasteiger partial charge is 0.330 e. The predicted molar refractivity (Wildman–Crippen MR) is 108 cm³/mol. The molecule has 8 nitrogen and oxygen atoms in total. The summed E-state index contributed by atoms with van der Waals surface area (Å²) < 4.78 is 2.20. The third-order valence-electron chi connectivity index (χ3n) is 4.25. The van der Waals surface area contributed by atoms with E-state index in [1.165, 1.54) is 30.9 Å². The van der Waals surface area contributed by atoms with Crippen LogP contribution in [0.5, 0.6) is 0 Å². The van der Waals surface area contributed by atoms with E-state index in [4.69, 9.17) is 0 Å². The molecule has 0 aliphatic heterocycles. The average molecular weight is 384 g/mol. The highest BCUT2D eigenvalue weighted by Crippen LogP contribution is 2.21. The number of carbonyl (C=O) groups is 2. The number of hydrogen-bond donors (Lipinski definition) is 2. The van der Waals surface area contributed by atoms with E-state index in [0.29, 0.717) is 0 Å². The van der Waals surface area contributed by atoms with Crippen LogP contribution in [0.2, 0.25) is 0 Å². The van der Waals surface area contributed by atoms with Gasteiger partial charge in [-0.25, -0.2) is 4.79 Å². The molecule has 1 heterocycles. The van der Waals surface area contributed by atoms with Crippen molar-refractivity contribution >= 4 is 23.6 Å². The Morgan fingerprint density at radius 3 is 2.29 bits per heavy atom. The van der Waals surface area contributed by atoms with E-state index in [2.05, 4.69) is 10.6 Å². The summed E-state index contributed by atoms with van der Waals surface area (Å²) in [6.45, 7) is 5.59. The Hall–Kier alpha value is -3.42. The lowest BCUT2D eigenvalue weighted by atomic mass is 10.1. The van der Waals surface area contributed by atoms with Crippen molar-refractivity contribution in [1.29, 1.82) is 0 Å². The van der Waals surface area contributed by atoms with Crippen molar-refractivity contribution in [1.82, 2.24) is 14.5 Å². The number of rotatable bonds is 5. The summed E-state index contributed by atoms with van der Waals surface area (Å²) in [5.74, 6) is -0.877. The molecule has 0 unspecified atom stereocenters. The van der Waals surface area contributed by atoms with Gasteiger partial charge in [-0.05, 0) is 38.0 Å². The van der Waals surface area contributed by atoms with Crippen LogP contribution >= 0.6 is 0 Å². The summed E-state index contributed by atoms with van der Waals surface area (Å²) in [5, 5.41) is 5.26. The van der Waals surface area contributed by atoms with Gasteiger partial charge in [0, 0.05) is 32.1 Å². The maximum atomic E-state index is 12.1. The van der Waals surface area contributed by atoms with Crippen molar-refractivity contribution in [2.75, 3.05) is 11.9 Å². The van der Waals surface area contributed by atoms with Crippen molar-refractivity contribution in [3.8, 4) is 0 Å². The van der Waals surface area contributed by atoms with Gasteiger partial charge >= 0.3 is 5.69 Å². The fourth-order valence-electron chi connectivity index (χ4n) is 2.90. The number of carbonyl (C=O) groups excluding carboxylic acids is 2. The summed E-state index contributed by atoms with van der Waals surface area (Å²) in [5.41, 5.74) is 2.96. The minimum absolute atomic E-state index is 0.190. The van der Waals surface area contributed by atoms with E-state index < -0.39 is 17.2 Å². The molecular weight excluding hydrogens is 360 g/mol. The van der Waals surface area contributed by atoms with Crippen LogP contribution in [-0.4, -0.2) is 27.5 Å². The molecule has 0 saturated heterocycles. The minimum atomic E-state index is -0.525. The molecular formula is C20H24N4O4. The van der Waals surface area contributed by atoms with Crippen LogP contribution in [0.15, 0.2) is 34.0 Å². The van der Waals surface area contributed by atoms with E-state index in [1.807, 2.05) is 32.9 Å². The van der Waals surface area contributed by atoms with Gasteiger partial charge in [0.1, 0.15) is 0 Å². The Morgan fingerprint density at radius 1 is 1.07 bits per heavy atom. The predicted octanol–water partition coefficient (Wildman–Crippen LogP) is 0.777. The van der Waals surface area contributed by atoms with Gasteiger partial charge in [-0.15, -0.1) is 0 Å². The number of hydrogen-bond acceptors (Lipinski definition) is 4. The van der Waals surface area contributed by atoms with Crippen LogP contribution in [0.4, 0.5) is 5.69 Å². The van der Waals surface area contributed by atoms with Crippen molar-refractivity contribution in [2.45, 2.75) is 20.8 Å². The number of aryl methyl sites for hydroxylation is 4. The molecule has 2 amide bonds. The first-order valence-electron chi connectivity index (χ1n) is 8.70. The summed E-state index contributed by atoms with van der Waals surface area (Å²) in [7, 11) is 2.88. The Bertz CT molecular complexity index is 1050. The normalized spacial score (nSPS) is 10.9. The van der Waals surface area contributed by atoms with Crippen molar-refractivity contribution in [3.63, 3.8) is 0 Å². The second-order valence-electron chi connectivity index (χ2n) is 6.72. The van der Waals surface area contributed by atoms with Gasteiger partial charge in [-0.1, -0.05) is 17.7 Å². The van der Waals surface area contributed by atoms with Gasteiger partial charge in [0.15, 0.2) is 0 Å². The van der Waals surface area contributed by atoms with Crippen LogP contribution in [0, 0.1) is 20.8 Å². The Kier molecular flexibility index (Phi) is 6.35. The van der Waals surface area contributed by atoms with Crippen LogP contribution in [-0.2, 0) is 23.7 Å². The first-order chi connectivity index (χ1) is 13.1. The second kappa shape index (κ2) is 8.51. The van der Waals surface area contributed by atoms with Crippen molar-refractivity contribution < 1.29 is 9.59 Å². The zero-order valence-electron chi connectivity index (χ0n) is 16.6. The molecule has 0 saturated carbocycles. The first kappa shape index (κ1) is 20.9. The molecule has 0 bridgehead atoms. The third kappa shape index (κ3) is 4.85. The Labute approximate surface area is 162 Å². The summed E-state index contributed by atoms with van der Waals surface area (Å²) in [4.78, 5) is 47.7. The zero-order valence-corrected chi connectivity index (χ0v) is 16.6. The lowest BCUT2D eigenvalue weighted by Gasteiger charge is -2.13. The number of aromatic nitrogens is 2. The SMILES string of the molecule is Cc1cc(C)c(NC(=O)CNC(=O)/C=C/c2cn(C)c(=O)n(C)c2=O)c(C)c1. The van der Waals surface area contributed by atoms with Gasteiger partial charge in [0.2, 0.25) is 11.8 Å². The van der Waals surface area contributed by atoms with E-state index in [0.717, 1.165) is 33.0 Å². The summed E-state index contributed by atoms with van der Waals surface area (Å²) in [6.07, 6.45) is 3.81. The van der Waals surface area contributed by atoms with Gasteiger partial charge in [-0.3, -0.25) is 19.0 Å². The van der Waals surface area contributed by atoms with E-state index in [1.54, 1.807) is 0 Å². The van der Waals surface area contributed by atoms with E-state index in [-0.39, 0.29) is 18.0 Å². The highest BCUT2D eigenvalue weighted by molar-refractivity contribution is 5.98. The van der Waals surface area contributed by atoms with Gasteiger partial charge in [0.25, 0.3) is 5.56 Å². The minimum Gasteiger partial charge on any atom is -0.343 e. The maximum absolute atomic E-state index is 12.1. The molecule has 0 aliphatic carbocycles. The summed E-state index contributed by atoms with van der Waals surface area (Å²) in [6, 6.07) is 3.94. The molecule has 0 fully saturated rings. The van der Waals surface area contributed by atoms with Gasteiger partial charge in [-0.2, -0.15) is 0 Å². The molecule has 2 aromatic rings. The number of nitrogens with zero attached hydrogens (tertiary/aromatic N) is 2. The topological polar surface area (TPSA) is 102 Å². The average Bonchev–Trinajstić information content (AvgIpc) is 2.63. The highest BCUT2D eigenvalue weighted by atomic mass is 16.2. The third-order valence-corrected chi connectivity index (χ3v) is 4.25. The molecule has 0 radical (unpaired) electrons. The Morgan fingerprint density at radius 2 is 1.68 bits per heavy atom. The highest BCUT2D eigenvalue weighted by Gasteiger charge is 2.09. The zero-order chi connectivity index (χ0) is 21.0. The maximum Gasteiger partial charge on any atom is 0.330 e. The first-order valence-corrected chi connectivity index (χ1v) is 8.70. The molecule has 0 atom stereocenters. The van der Waals surface area contributed by atoms with Gasteiger partial charge < -0.3 is 15.2 Å². The van der Waals surface area contributed by atoms with Gasteiger partial charge in [0.05, 0.1) is 12.1 Å².